The molecular formula is C7H13NO5S. The van der Waals surface area contributed by atoms with E-state index in [-0.39, 0.29) is 11.7 Å². The summed E-state index contributed by atoms with van der Waals surface area (Å²) in [4.78, 5) is 29.5. The SMILES string of the molecule is CC(=O)NC(CS)C(=O)O.CC(=O)O. The smallest absolute Gasteiger partial charge is 0.327 e. The molecule has 0 heterocycles. The first-order valence-electron chi connectivity index (χ1n) is 3.61. The van der Waals surface area contributed by atoms with Gasteiger partial charge in [-0.25, -0.2) is 4.79 Å². The van der Waals surface area contributed by atoms with Gasteiger partial charge in [-0.1, -0.05) is 0 Å². The fourth-order valence-corrected chi connectivity index (χ4v) is 0.678. The number of hydrogen-bond acceptors (Lipinski definition) is 4. The van der Waals surface area contributed by atoms with Crippen LogP contribution in [0, 0.1) is 0 Å². The van der Waals surface area contributed by atoms with Crippen LogP contribution in [-0.4, -0.2) is 39.9 Å². The van der Waals surface area contributed by atoms with Gasteiger partial charge in [-0.3, -0.25) is 9.59 Å². The standard InChI is InChI=1S/C5H9NO3S.C2H4O2/c1-3(7)6-4(2-10)5(8)9;1-2(3)4/h4,10H,2H2,1H3,(H,6,7)(H,8,9);1H3,(H,3,4). The molecule has 0 saturated carbocycles. The summed E-state index contributed by atoms with van der Waals surface area (Å²) in [5.74, 6) is -2.15. The Labute approximate surface area is 86.7 Å². The Morgan fingerprint density at radius 3 is 1.71 bits per heavy atom. The third-order valence-corrected chi connectivity index (χ3v) is 1.22. The van der Waals surface area contributed by atoms with Crippen molar-refractivity contribution in [2.75, 3.05) is 5.75 Å². The Bertz CT molecular complexity index is 214. The zero-order valence-corrected chi connectivity index (χ0v) is 8.75. The van der Waals surface area contributed by atoms with Gasteiger partial charge >= 0.3 is 5.97 Å². The van der Waals surface area contributed by atoms with Crippen LogP contribution in [0.4, 0.5) is 0 Å². The van der Waals surface area contributed by atoms with Gasteiger partial charge in [0.15, 0.2) is 0 Å². The van der Waals surface area contributed by atoms with E-state index in [0.717, 1.165) is 6.92 Å². The molecule has 1 unspecified atom stereocenters. The molecule has 0 radical (unpaired) electrons. The monoisotopic (exact) mass is 223 g/mol. The first-order chi connectivity index (χ1) is 6.31. The van der Waals surface area contributed by atoms with Crippen LogP contribution in [0.15, 0.2) is 0 Å². The number of carboxylic acids is 2. The second-order valence-electron chi connectivity index (χ2n) is 2.29. The molecule has 0 spiro atoms. The average molecular weight is 223 g/mol. The molecule has 0 saturated heterocycles. The summed E-state index contributed by atoms with van der Waals surface area (Å²) in [6.07, 6.45) is 0. The number of rotatable bonds is 3. The van der Waals surface area contributed by atoms with Crippen LogP contribution < -0.4 is 5.32 Å². The number of amides is 1. The van der Waals surface area contributed by atoms with Gasteiger partial charge in [-0.2, -0.15) is 12.6 Å². The zero-order valence-electron chi connectivity index (χ0n) is 7.85. The van der Waals surface area contributed by atoms with Crippen molar-refractivity contribution in [2.45, 2.75) is 19.9 Å². The van der Waals surface area contributed by atoms with Gasteiger partial charge in [-0.05, 0) is 0 Å². The van der Waals surface area contributed by atoms with E-state index in [1.54, 1.807) is 0 Å². The summed E-state index contributed by atoms with van der Waals surface area (Å²) in [6.45, 7) is 2.35. The molecule has 0 aromatic rings. The molecule has 0 rings (SSSR count). The molecule has 6 nitrogen and oxygen atoms in total. The van der Waals surface area contributed by atoms with E-state index in [1.807, 2.05) is 0 Å². The van der Waals surface area contributed by atoms with Crippen molar-refractivity contribution >= 4 is 30.5 Å². The minimum absolute atomic E-state index is 0.106. The van der Waals surface area contributed by atoms with Crippen molar-refractivity contribution in [3.05, 3.63) is 0 Å². The summed E-state index contributed by atoms with van der Waals surface area (Å²) >= 11 is 3.73. The van der Waals surface area contributed by atoms with Crippen molar-refractivity contribution in [1.29, 1.82) is 0 Å². The largest absolute Gasteiger partial charge is 0.481 e. The maximum Gasteiger partial charge on any atom is 0.327 e. The van der Waals surface area contributed by atoms with Gasteiger partial charge in [0.2, 0.25) is 5.91 Å². The van der Waals surface area contributed by atoms with Crippen molar-refractivity contribution in [1.82, 2.24) is 5.32 Å². The second kappa shape index (κ2) is 8.36. The summed E-state index contributed by atoms with van der Waals surface area (Å²) in [5, 5.41) is 18.0. The Hall–Kier alpha value is -1.24. The van der Waals surface area contributed by atoms with Crippen molar-refractivity contribution in [2.24, 2.45) is 0 Å². The predicted molar refractivity (Wildman–Crippen MR) is 52.4 cm³/mol. The van der Waals surface area contributed by atoms with Gasteiger partial charge in [-0.15, -0.1) is 0 Å². The fourth-order valence-electron chi connectivity index (χ4n) is 0.431. The van der Waals surface area contributed by atoms with Crippen LogP contribution >= 0.6 is 12.6 Å². The zero-order chi connectivity index (χ0) is 11.7. The van der Waals surface area contributed by atoms with Crippen LogP contribution in [0.1, 0.15) is 13.8 Å². The number of hydrogen-bond donors (Lipinski definition) is 4. The minimum atomic E-state index is -1.06. The van der Waals surface area contributed by atoms with E-state index < -0.39 is 18.0 Å². The summed E-state index contributed by atoms with van der Waals surface area (Å²) < 4.78 is 0. The molecule has 1 amide bonds. The quantitative estimate of drug-likeness (QED) is 0.487. The summed E-state index contributed by atoms with van der Waals surface area (Å²) in [7, 11) is 0. The molecule has 0 aliphatic carbocycles. The summed E-state index contributed by atoms with van der Waals surface area (Å²) in [5.41, 5.74) is 0. The second-order valence-corrected chi connectivity index (χ2v) is 2.66. The lowest BCUT2D eigenvalue weighted by atomic mass is 10.3. The average Bonchev–Trinajstić information content (AvgIpc) is 1.98. The highest BCUT2D eigenvalue weighted by Crippen LogP contribution is 1.86. The molecule has 0 aromatic heterocycles. The van der Waals surface area contributed by atoms with Gasteiger partial charge in [0.05, 0.1) is 0 Å². The molecule has 0 aliphatic rings. The maximum absolute atomic E-state index is 10.3. The third kappa shape index (κ3) is 13.4. The Morgan fingerprint density at radius 1 is 1.29 bits per heavy atom. The van der Waals surface area contributed by atoms with Crippen LogP contribution in [0.25, 0.3) is 0 Å². The number of carbonyl (C=O) groups is 3. The van der Waals surface area contributed by atoms with Crippen molar-refractivity contribution in [3.8, 4) is 0 Å². The van der Waals surface area contributed by atoms with Crippen LogP contribution in [0.5, 0.6) is 0 Å². The van der Waals surface area contributed by atoms with Gasteiger partial charge in [0, 0.05) is 19.6 Å². The number of aliphatic carboxylic acids is 2. The highest BCUT2D eigenvalue weighted by Gasteiger charge is 2.15. The fraction of sp³-hybridized carbons (Fsp3) is 0.571. The predicted octanol–water partition coefficient (Wildman–Crippen LogP) is -0.404. The molecule has 0 aromatic carbocycles. The number of carboxylic acid groups (broad SMARTS) is 2. The highest BCUT2D eigenvalue weighted by atomic mass is 32.1. The van der Waals surface area contributed by atoms with E-state index in [0.29, 0.717) is 0 Å². The first kappa shape index (κ1) is 15.2. The normalized spacial score (nSPS) is 10.5. The number of thiol groups is 1. The third-order valence-electron chi connectivity index (χ3n) is 0.858. The molecule has 82 valence electrons. The van der Waals surface area contributed by atoms with E-state index in [4.69, 9.17) is 15.0 Å². The molecule has 0 fully saturated rings. The minimum Gasteiger partial charge on any atom is -0.481 e. The Balaban J connectivity index is 0. The summed E-state index contributed by atoms with van der Waals surface area (Å²) in [6, 6.07) is -0.874. The van der Waals surface area contributed by atoms with Crippen LogP contribution in [0.2, 0.25) is 0 Å². The maximum atomic E-state index is 10.3. The topological polar surface area (TPSA) is 104 Å². The molecule has 7 heteroatoms. The number of carbonyl (C=O) groups excluding carboxylic acids is 1. The van der Waals surface area contributed by atoms with Gasteiger partial charge in [0.1, 0.15) is 6.04 Å². The lowest BCUT2D eigenvalue weighted by Crippen LogP contribution is -2.40. The van der Waals surface area contributed by atoms with Crippen molar-refractivity contribution in [3.63, 3.8) is 0 Å². The Kier molecular flexibility index (Phi) is 9.10. The molecule has 0 bridgehead atoms. The van der Waals surface area contributed by atoms with Gasteiger partial charge in [0.25, 0.3) is 5.97 Å². The van der Waals surface area contributed by atoms with E-state index in [9.17, 15) is 9.59 Å². The lowest BCUT2D eigenvalue weighted by Gasteiger charge is -2.08. The molecular weight excluding hydrogens is 210 g/mol. The molecule has 0 aliphatic heterocycles. The van der Waals surface area contributed by atoms with E-state index in [1.165, 1.54) is 6.92 Å². The van der Waals surface area contributed by atoms with E-state index >= 15 is 0 Å². The van der Waals surface area contributed by atoms with E-state index in [2.05, 4.69) is 17.9 Å². The molecule has 14 heavy (non-hydrogen) atoms. The highest BCUT2D eigenvalue weighted by molar-refractivity contribution is 7.80. The number of nitrogens with one attached hydrogen (secondary N) is 1. The Morgan fingerprint density at radius 2 is 1.64 bits per heavy atom. The van der Waals surface area contributed by atoms with Crippen molar-refractivity contribution < 1.29 is 24.6 Å². The van der Waals surface area contributed by atoms with Crippen LogP contribution in [-0.2, 0) is 14.4 Å². The lowest BCUT2D eigenvalue weighted by molar-refractivity contribution is -0.140. The molecule has 1 atom stereocenters. The van der Waals surface area contributed by atoms with Gasteiger partial charge < -0.3 is 15.5 Å². The van der Waals surface area contributed by atoms with Crippen LogP contribution in [0.3, 0.4) is 0 Å². The molecule has 3 N–H and O–H groups in total. The first-order valence-corrected chi connectivity index (χ1v) is 4.24.